The van der Waals surface area contributed by atoms with E-state index < -0.39 is 8.32 Å². The van der Waals surface area contributed by atoms with E-state index in [9.17, 15) is 4.79 Å². The van der Waals surface area contributed by atoms with Crippen molar-refractivity contribution in [3.8, 4) is 0 Å². The largest absolute Gasteiger partial charge is 0.518 e. The second-order valence-corrected chi connectivity index (χ2v) is 8.28. The Morgan fingerprint density at radius 2 is 2.00 bits per heavy atom. The Bertz CT molecular complexity index is 202. The molecule has 0 aliphatic carbocycles. The van der Waals surface area contributed by atoms with Crippen LogP contribution >= 0.6 is 0 Å². The molecule has 1 fully saturated rings. The fraction of sp³-hybridized carbons (Fsp3) is 0.889. The third kappa shape index (κ3) is 4.21. The van der Waals surface area contributed by atoms with Crippen LogP contribution in [0, 0.1) is 0 Å². The summed E-state index contributed by atoms with van der Waals surface area (Å²) in [5.74, 6) is -0.157. The van der Waals surface area contributed by atoms with Gasteiger partial charge in [0.2, 0.25) is 0 Å². The van der Waals surface area contributed by atoms with Crippen molar-refractivity contribution < 1.29 is 14.0 Å². The smallest absolute Gasteiger partial charge is 0.289 e. The van der Waals surface area contributed by atoms with Crippen molar-refractivity contribution in [2.75, 3.05) is 32.5 Å². The first kappa shape index (κ1) is 11.7. The second kappa shape index (κ2) is 4.91. The molecule has 0 spiro atoms. The summed E-state index contributed by atoms with van der Waals surface area (Å²) in [7, 11) is -1.83. The Morgan fingerprint density at radius 3 is 2.50 bits per heavy atom. The molecule has 0 aromatic carbocycles. The molecule has 0 N–H and O–H groups in total. The minimum absolute atomic E-state index is 0.157. The molecule has 0 aromatic heterocycles. The van der Waals surface area contributed by atoms with Crippen LogP contribution in [0.1, 0.15) is 6.92 Å². The zero-order chi connectivity index (χ0) is 10.6. The Morgan fingerprint density at radius 1 is 1.43 bits per heavy atom. The molecule has 0 unspecified atom stereocenters. The normalized spacial score (nSPS) is 19.4. The van der Waals surface area contributed by atoms with Gasteiger partial charge < -0.3 is 9.16 Å². The van der Waals surface area contributed by atoms with Crippen molar-refractivity contribution >= 4 is 14.3 Å². The number of carbonyl (C=O) groups excluding carboxylic acids is 1. The number of hydrogen-bond donors (Lipinski definition) is 0. The van der Waals surface area contributed by atoms with Crippen LogP contribution in [0.5, 0.6) is 0 Å². The first-order chi connectivity index (χ1) is 6.49. The first-order valence-electron chi connectivity index (χ1n) is 4.99. The predicted molar refractivity (Wildman–Crippen MR) is 56.5 cm³/mol. The maximum Gasteiger partial charge on any atom is 0.289 e. The lowest BCUT2D eigenvalue weighted by Gasteiger charge is -2.32. The number of hydrogen-bond acceptors (Lipinski definition) is 4. The molecule has 4 nitrogen and oxygen atoms in total. The molecule has 1 rings (SSSR count). The summed E-state index contributed by atoms with van der Waals surface area (Å²) in [5.41, 5.74) is 0. The van der Waals surface area contributed by atoms with Crippen molar-refractivity contribution in [3.05, 3.63) is 0 Å². The Kier molecular flexibility index (Phi) is 4.09. The Hall–Kier alpha value is -0.393. The first-order valence-corrected chi connectivity index (χ1v) is 8.11. The molecule has 1 aliphatic heterocycles. The van der Waals surface area contributed by atoms with Gasteiger partial charge in [0.15, 0.2) is 0 Å². The molecule has 0 saturated carbocycles. The van der Waals surface area contributed by atoms with Crippen molar-refractivity contribution in [2.24, 2.45) is 0 Å². The van der Waals surface area contributed by atoms with Crippen molar-refractivity contribution in [3.63, 3.8) is 0 Å². The van der Waals surface area contributed by atoms with Crippen LogP contribution in [0.2, 0.25) is 13.1 Å². The summed E-state index contributed by atoms with van der Waals surface area (Å²) in [5, 5.41) is 0. The van der Waals surface area contributed by atoms with Gasteiger partial charge >= 0.3 is 0 Å². The maximum atomic E-state index is 10.9. The highest BCUT2D eigenvalue weighted by Gasteiger charge is 2.29. The van der Waals surface area contributed by atoms with Gasteiger partial charge in [-0.05, 0) is 13.1 Å². The number of nitrogens with zero attached hydrogens (tertiary/aromatic N) is 1. The molecular weight excluding hydrogens is 198 g/mol. The van der Waals surface area contributed by atoms with E-state index in [1.165, 1.54) is 6.92 Å². The maximum absolute atomic E-state index is 10.9. The van der Waals surface area contributed by atoms with Crippen LogP contribution in [0.25, 0.3) is 0 Å². The summed E-state index contributed by atoms with van der Waals surface area (Å²) in [6.45, 7) is 9.13. The highest BCUT2D eigenvalue weighted by atomic mass is 28.4. The van der Waals surface area contributed by atoms with Crippen molar-refractivity contribution in [2.45, 2.75) is 20.0 Å². The second-order valence-electron chi connectivity index (χ2n) is 4.24. The fourth-order valence-electron chi connectivity index (χ4n) is 1.72. The van der Waals surface area contributed by atoms with Crippen LogP contribution in [-0.4, -0.2) is 51.7 Å². The predicted octanol–water partition coefficient (Wildman–Crippen LogP) is 0.626. The average Bonchev–Trinajstić information content (AvgIpc) is 2.02. The van der Waals surface area contributed by atoms with E-state index in [4.69, 9.17) is 9.16 Å². The third-order valence-corrected chi connectivity index (χ3v) is 4.18. The van der Waals surface area contributed by atoms with Gasteiger partial charge in [-0.15, -0.1) is 0 Å². The molecule has 14 heavy (non-hydrogen) atoms. The standard InChI is InChI=1S/C9H19NO3Si/c1-9(11)13-14(2,3)8-10-4-6-12-7-5-10/h4-8H2,1-3H3. The highest BCUT2D eigenvalue weighted by molar-refractivity contribution is 6.72. The van der Waals surface area contributed by atoms with Gasteiger partial charge in [-0.2, -0.15) is 0 Å². The van der Waals surface area contributed by atoms with E-state index in [1.807, 2.05) is 0 Å². The van der Waals surface area contributed by atoms with E-state index in [1.54, 1.807) is 0 Å². The number of ether oxygens (including phenoxy) is 1. The molecular formula is C9H19NO3Si. The summed E-state index contributed by atoms with van der Waals surface area (Å²) >= 11 is 0. The van der Waals surface area contributed by atoms with Gasteiger partial charge in [0.25, 0.3) is 14.3 Å². The Balaban J connectivity index is 2.36. The zero-order valence-corrected chi connectivity index (χ0v) is 10.2. The minimum Gasteiger partial charge on any atom is -0.518 e. The lowest BCUT2D eigenvalue weighted by Crippen LogP contribution is -2.49. The SMILES string of the molecule is CC(=O)O[Si](C)(C)CN1CCOCC1. The minimum atomic E-state index is -1.83. The lowest BCUT2D eigenvalue weighted by atomic mass is 10.5. The molecule has 0 atom stereocenters. The van der Waals surface area contributed by atoms with E-state index in [-0.39, 0.29) is 5.97 Å². The topological polar surface area (TPSA) is 38.8 Å². The highest BCUT2D eigenvalue weighted by Crippen LogP contribution is 2.09. The van der Waals surface area contributed by atoms with E-state index >= 15 is 0 Å². The third-order valence-electron chi connectivity index (χ3n) is 2.13. The number of morpholine rings is 1. The number of rotatable bonds is 3. The fourth-order valence-corrected chi connectivity index (χ4v) is 3.96. The van der Waals surface area contributed by atoms with Gasteiger partial charge in [0, 0.05) is 26.2 Å². The summed E-state index contributed by atoms with van der Waals surface area (Å²) < 4.78 is 10.6. The molecule has 0 bridgehead atoms. The van der Waals surface area contributed by atoms with Crippen molar-refractivity contribution in [1.82, 2.24) is 4.90 Å². The van der Waals surface area contributed by atoms with Crippen LogP contribution in [0.15, 0.2) is 0 Å². The lowest BCUT2D eigenvalue weighted by molar-refractivity contribution is -0.132. The summed E-state index contributed by atoms with van der Waals surface area (Å²) in [6, 6.07) is 0. The number of carbonyl (C=O) groups is 1. The van der Waals surface area contributed by atoms with E-state index in [2.05, 4.69) is 18.0 Å². The van der Waals surface area contributed by atoms with Crippen LogP contribution in [-0.2, 0) is 14.0 Å². The average molecular weight is 217 g/mol. The van der Waals surface area contributed by atoms with Crippen LogP contribution in [0.4, 0.5) is 0 Å². The molecule has 0 amide bonds. The van der Waals surface area contributed by atoms with E-state index in [0.717, 1.165) is 32.5 Å². The van der Waals surface area contributed by atoms with Gasteiger partial charge in [0.1, 0.15) is 0 Å². The van der Waals surface area contributed by atoms with Crippen LogP contribution < -0.4 is 0 Å². The molecule has 5 heteroatoms. The van der Waals surface area contributed by atoms with Gasteiger partial charge in [-0.1, -0.05) is 0 Å². The van der Waals surface area contributed by atoms with Gasteiger partial charge in [-0.25, -0.2) is 0 Å². The van der Waals surface area contributed by atoms with Crippen molar-refractivity contribution in [1.29, 1.82) is 0 Å². The Labute approximate surface area is 86.3 Å². The summed E-state index contributed by atoms with van der Waals surface area (Å²) in [4.78, 5) is 13.2. The molecule has 0 radical (unpaired) electrons. The quantitative estimate of drug-likeness (QED) is 0.650. The van der Waals surface area contributed by atoms with Gasteiger partial charge in [0.05, 0.1) is 13.2 Å². The molecule has 0 aromatic rings. The van der Waals surface area contributed by atoms with Gasteiger partial charge in [-0.3, -0.25) is 9.69 Å². The van der Waals surface area contributed by atoms with Crippen LogP contribution in [0.3, 0.4) is 0 Å². The molecule has 1 aliphatic rings. The zero-order valence-electron chi connectivity index (χ0n) is 9.21. The molecule has 82 valence electrons. The molecule has 1 saturated heterocycles. The summed E-state index contributed by atoms with van der Waals surface area (Å²) in [6.07, 6.45) is 0.913. The molecule has 1 heterocycles. The van der Waals surface area contributed by atoms with E-state index in [0.29, 0.717) is 0 Å². The monoisotopic (exact) mass is 217 g/mol.